The van der Waals surface area contributed by atoms with Crippen LogP contribution in [-0.2, 0) is 112 Å². The van der Waals surface area contributed by atoms with E-state index in [0.29, 0.717) is 22.3 Å². The second-order valence-electron chi connectivity index (χ2n) is 27.6. The van der Waals surface area contributed by atoms with Gasteiger partial charge in [0.05, 0.1) is 78.9 Å². The van der Waals surface area contributed by atoms with Crippen molar-refractivity contribution in [2.45, 2.75) is 185 Å². The summed E-state index contributed by atoms with van der Waals surface area (Å²) in [5, 5.41) is 68.0. The molecule has 10 atom stereocenters. The molecule has 6 rings (SSSR count). The Morgan fingerprint density at radius 2 is 0.825 bits per heavy atom. The molecule has 628 valence electrons. The third-order valence-electron chi connectivity index (χ3n) is 17.8. The summed E-state index contributed by atoms with van der Waals surface area (Å²) in [7, 11) is 5.47. The first-order valence-electron chi connectivity index (χ1n) is 37.5. The minimum Gasteiger partial charge on any atom is -0.504 e. The highest BCUT2D eigenvalue weighted by Crippen LogP contribution is 2.36. The molecule has 2 aliphatic heterocycles. The number of carbonyl (C=O) groups is 11. The Bertz CT molecular complexity index is 3860. The molecule has 2 fully saturated rings. The lowest BCUT2D eigenvalue weighted by atomic mass is 9.85. The van der Waals surface area contributed by atoms with Crippen LogP contribution in [0, 0.1) is 5.92 Å². The van der Waals surface area contributed by atoms with Crippen molar-refractivity contribution in [1.82, 2.24) is 26.6 Å². The number of ether oxygens (including phenoxy) is 13. The zero-order valence-corrected chi connectivity index (χ0v) is 65.4. The van der Waals surface area contributed by atoms with E-state index >= 15 is 0 Å². The van der Waals surface area contributed by atoms with Crippen LogP contribution in [0.1, 0.15) is 114 Å². The van der Waals surface area contributed by atoms with E-state index in [1.807, 2.05) is 0 Å². The number of amides is 5. The van der Waals surface area contributed by atoms with Crippen molar-refractivity contribution in [3.63, 3.8) is 0 Å². The van der Waals surface area contributed by atoms with Crippen LogP contribution in [0.2, 0.25) is 0 Å². The Hall–Kier alpha value is -9.79. The number of Topliss-reactive ketones (excluding diaryl/α,β-unsaturated/α-hetero) is 4. The number of phenolic OH excluding ortho intramolecular Hbond substituents is 2. The Labute approximate surface area is 660 Å². The van der Waals surface area contributed by atoms with Crippen molar-refractivity contribution in [2.75, 3.05) is 94.1 Å². The van der Waals surface area contributed by atoms with Crippen LogP contribution >= 0.6 is 0 Å². The number of esters is 2. The maximum Gasteiger partial charge on any atom is 0.311 e. The third kappa shape index (κ3) is 31.9. The minimum absolute atomic E-state index is 0.0260. The molecule has 0 spiro atoms. The first kappa shape index (κ1) is 93.1. The van der Waals surface area contributed by atoms with E-state index in [1.165, 1.54) is 77.0 Å². The van der Waals surface area contributed by atoms with Crippen LogP contribution < -0.4 is 60.7 Å². The van der Waals surface area contributed by atoms with Crippen molar-refractivity contribution in [1.29, 1.82) is 0 Å². The average molecular weight is 1610 g/mol. The Kier molecular flexibility index (Phi) is 39.5. The summed E-state index contributed by atoms with van der Waals surface area (Å²) in [6.07, 6.45) is -15.3. The summed E-state index contributed by atoms with van der Waals surface area (Å²) in [6, 6.07) is 18.0. The fourth-order valence-corrected chi connectivity index (χ4v) is 12.2. The number of hydrogen-bond donors (Lipinski definition) is 11. The lowest BCUT2D eigenvalue weighted by Gasteiger charge is -2.46. The highest BCUT2D eigenvalue weighted by Gasteiger charge is 2.50. The summed E-state index contributed by atoms with van der Waals surface area (Å²) in [4.78, 5) is 142. The molecule has 114 heavy (non-hydrogen) atoms. The van der Waals surface area contributed by atoms with Crippen molar-refractivity contribution in [2.24, 2.45) is 11.7 Å². The van der Waals surface area contributed by atoms with Gasteiger partial charge in [-0.15, -0.1) is 0 Å². The molecule has 12 N–H and O–H groups in total. The fraction of sp³-hybridized carbons (Fsp3) is 0.557. The van der Waals surface area contributed by atoms with Gasteiger partial charge >= 0.3 is 11.9 Å². The van der Waals surface area contributed by atoms with Gasteiger partial charge in [0.2, 0.25) is 29.5 Å². The van der Waals surface area contributed by atoms with Crippen molar-refractivity contribution < 1.29 is 140 Å². The SMILES string of the molecule is COc1cc(CC(=O)CC(=O)Cc2ccc(OC(=O)CCCC(=O)NCCNC(=O)CO[C@@H]3[C@@H](O)[C@@H](OC[C@H]4O[C@H](OC(C)C)[C@H](O)[C@@H](OCC(=O)NCCNC(=O)CCCC(=O)Oc5ccc(CC(=O)CC(=O)Cc6ccc(O)c(OC)c6)cc5OC)[C@@H]4CCC(=O)NCCN)O[C@H](COC(C)C)[C@H]3O)c(OC)c2)ccc1O. The average Bonchev–Trinajstić information content (AvgIpc) is 0.726. The quantitative estimate of drug-likeness (QED) is 0.0130. The Morgan fingerprint density at radius 3 is 1.25 bits per heavy atom. The zero-order valence-electron chi connectivity index (χ0n) is 65.4. The molecule has 4 aromatic rings. The number of ketones is 4. The first-order valence-corrected chi connectivity index (χ1v) is 37.5. The highest BCUT2D eigenvalue weighted by atomic mass is 16.7. The Balaban J connectivity index is 0.937. The molecule has 0 bridgehead atoms. The summed E-state index contributed by atoms with van der Waals surface area (Å²) in [5.74, 6) is -5.57. The molecule has 0 unspecified atom stereocenters. The maximum absolute atomic E-state index is 13.4. The molecule has 0 saturated carbocycles. The predicted octanol–water partition coefficient (Wildman–Crippen LogP) is 1.72. The Morgan fingerprint density at radius 1 is 0.430 bits per heavy atom. The van der Waals surface area contributed by atoms with E-state index in [2.05, 4.69) is 26.6 Å². The molecule has 2 heterocycles. The molecule has 35 nitrogen and oxygen atoms in total. The van der Waals surface area contributed by atoms with Gasteiger partial charge in [0.1, 0.15) is 66.9 Å². The maximum atomic E-state index is 13.4. The van der Waals surface area contributed by atoms with Crippen LogP contribution in [0.25, 0.3) is 0 Å². The number of phenols is 2. The number of benzene rings is 4. The standard InChI is InChI=1S/C79H108N6O29/c1-45(2)106-42-65-73(99)77(108-44-70(96)85-30-28-83-67(93)12-10-14-72(98)112-59-23-18-50(38-63(59)105-8)34-54(89)40-52(87)32-48-16-21-57(91)61(36-48)103-6)75(101)78(114-65)109-41-64-55(19-24-68(94)81-26-25-80)76(74(100)79(113-64)110-46(3)4)107-43-69(95)84-29-27-82-66(92)11-9-13-71(97)111-58-22-17-49(37-62(58)104-7)33-53(88)39-51(86)31-47-15-20-56(90)60(35-47)102-5/h15-18,20-23,35-38,45-46,55,64-65,73-79,90-91,99-101H,9-14,19,24-34,39-44,80H2,1-8H3,(H,81,94)(H,82,92)(H,83,93)(H,84,95)(H,85,96)/t55-,64-,65-,73-,74-,75-,76+,77+,78+,79+/m1/s1. The van der Waals surface area contributed by atoms with Crippen LogP contribution in [0.3, 0.4) is 0 Å². The molecule has 5 amide bonds. The molecule has 0 radical (unpaired) electrons. The second-order valence-corrected chi connectivity index (χ2v) is 27.6. The summed E-state index contributed by atoms with van der Waals surface area (Å²) in [6.45, 7) is 4.97. The number of carbonyl (C=O) groups excluding carboxylic acids is 11. The van der Waals surface area contributed by atoms with Gasteiger partial charge in [-0.05, 0) is 118 Å². The number of rotatable bonds is 51. The summed E-state index contributed by atoms with van der Waals surface area (Å²) in [5.41, 5.74) is 7.79. The second kappa shape index (κ2) is 48.4. The number of nitrogens with one attached hydrogen (secondary N) is 5. The van der Waals surface area contributed by atoms with Crippen LogP contribution in [0.4, 0.5) is 0 Å². The van der Waals surface area contributed by atoms with Gasteiger partial charge in [-0.25, -0.2) is 0 Å². The van der Waals surface area contributed by atoms with Crippen LogP contribution in [0.15, 0.2) is 72.8 Å². The van der Waals surface area contributed by atoms with E-state index in [-0.39, 0.29) is 211 Å². The van der Waals surface area contributed by atoms with Gasteiger partial charge in [0, 0.05) is 103 Å². The number of hydrogen-bond acceptors (Lipinski definition) is 30. The normalized spacial score (nSPS) is 19.2. The van der Waals surface area contributed by atoms with E-state index in [0.717, 1.165) is 0 Å². The monoisotopic (exact) mass is 1600 g/mol. The van der Waals surface area contributed by atoms with Gasteiger partial charge in [0.15, 0.2) is 58.6 Å². The van der Waals surface area contributed by atoms with Crippen LogP contribution in [-0.4, -0.2) is 252 Å². The van der Waals surface area contributed by atoms with E-state index in [9.17, 15) is 78.3 Å². The van der Waals surface area contributed by atoms with Gasteiger partial charge in [0.25, 0.3) is 0 Å². The lowest BCUT2D eigenvalue weighted by molar-refractivity contribution is -0.335. The largest absolute Gasteiger partial charge is 0.504 e. The summed E-state index contributed by atoms with van der Waals surface area (Å²) >= 11 is 0. The van der Waals surface area contributed by atoms with E-state index in [4.69, 9.17) is 67.3 Å². The lowest BCUT2D eigenvalue weighted by Crippen LogP contribution is -2.62. The fourth-order valence-electron chi connectivity index (χ4n) is 12.2. The number of aliphatic hydroxyl groups excluding tert-OH is 3. The molecule has 0 aromatic heterocycles. The molecule has 35 heteroatoms. The van der Waals surface area contributed by atoms with Gasteiger partial charge in [-0.1, -0.05) is 24.3 Å². The minimum atomic E-state index is -1.77. The van der Waals surface area contributed by atoms with E-state index < -0.39 is 129 Å². The van der Waals surface area contributed by atoms with E-state index in [1.54, 1.807) is 52.0 Å². The first-order chi connectivity index (χ1) is 54.5. The predicted molar refractivity (Wildman–Crippen MR) is 403 cm³/mol. The van der Waals surface area contributed by atoms with Gasteiger partial charge < -0.3 is 119 Å². The van der Waals surface area contributed by atoms with Gasteiger partial charge in [-0.3, -0.25) is 52.7 Å². The molecular formula is C79H108N6O29. The van der Waals surface area contributed by atoms with Crippen molar-refractivity contribution in [3.05, 3.63) is 95.1 Å². The molecule has 4 aromatic carbocycles. The van der Waals surface area contributed by atoms with Gasteiger partial charge in [-0.2, -0.15) is 0 Å². The van der Waals surface area contributed by atoms with Crippen molar-refractivity contribution in [3.8, 4) is 46.0 Å². The molecule has 0 aliphatic carbocycles. The number of nitrogens with two attached hydrogens (primary N) is 1. The third-order valence-corrected chi connectivity index (χ3v) is 17.8. The molecule has 2 aliphatic rings. The van der Waals surface area contributed by atoms with Crippen LogP contribution in [0.5, 0.6) is 46.0 Å². The van der Waals surface area contributed by atoms with Crippen molar-refractivity contribution >= 4 is 64.6 Å². The zero-order chi connectivity index (χ0) is 83.4. The summed E-state index contributed by atoms with van der Waals surface area (Å²) < 4.78 is 74.3. The smallest absolute Gasteiger partial charge is 0.311 e. The number of aliphatic hydroxyl groups is 3. The number of aromatic hydroxyl groups is 2. The highest BCUT2D eigenvalue weighted by molar-refractivity contribution is 6.01. The molecular weight excluding hydrogens is 1500 g/mol. The number of methoxy groups -OCH3 is 4. The topological polar surface area (TPSA) is 495 Å². The molecule has 2 saturated heterocycles.